The Balaban J connectivity index is 2.58. The molecule has 1 aromatic rings. The normalized spacial score (nSPS) is 13.8. The van der Waals surface area contributed by atoms with E-state index in [0.717, 1.165) is 19.0 Å². The number of halogens is 3. The first-order chi connectivity index (χ1) is 8.80. The van der Waals surface area contributed by atoms with E-state index in [-0.39, 0.29) is 12.6 Å². The molecule has 5 heteroatoms. The van der Waals surface area contributed by atoms with Gasteiger partial charge in [-0.2, -0.15) is 13.2 Å². The van der Waals surface area contributed by atoms with Crippen LogP contribution < -0.4 is 5.32 Å². The van der Waals surface area contributed by atoms with Gasteiger partial charge in [-0.05, 0) is 45.6 Å². The van der Waals surface area contributed by atoms with E-state index in [1.807, 2.05) is 21.0 Å². The molecule has 0 spiro atoms. The number of hydrogen-bond acceptors (Lipinski definition) is 2. The number of alkyl halides is 3. The highest BCUT2D eigenvalue weighted by Gasteiger charge is 2.32. The Labute approximate surface area is 112 Å². The summed E-state index contributed by atoms with van der Waals surface area (Å²) in [4.78, 5) is 2.06. The molecular formula is C14H21F3N2. The molecule has 2 nitrogen and oxygen atoms in total. The fourth-order valence-corrected chi connectivity index (χ4v) is 1.79. The predicted octanol–water partition coefficient (Wildman–Crippen LogP) is 3.14. The van der Waals surface area contributed by atoms with Crippen molar-refractivity contribution in [2.75, 3.05) is 20.6 Å². The number of benzene rings is 1. The van der Waals surface area contributed by atoms with E-state index in [9.17, 15) is 13.2 Å². The van der Waals surface area contributed by atoms with Crippen molar-refractivity contribution in [3.8, 4) is 0 Å². The lowest BCUT2D eigenvalue weighted by atomic mass is 10.1. The molecule has 1 unspecified atom stereocenters. The van der Waals surface area contributed by atoms with Gasteiger partial charge in [0.2, 0.25) is 0 Å². The quantitative estimate of drug-likeness (QED) is 0.857. The molecule has 0 radical (unpaired) electrons. The van der Waals surface area contributed by atoms with Crippen LogP contribution in [0.15, 0.2) is 24.3 Å². The number of rotatable bonds is 6. The summed E-state index contributed by atoms with van der Waals surface area (Å²) in [7, 11) is 3.96. The van der Waals surface area contributed by atoms with Crippen LogP contribution in [0.1, 0.15) is 24.5 Å². The fraction of sp³-hybridized carbons (Fsp3) is 0.571. The van der Waals surface area contributed by atoms with Crippen molar-refractivity contribution in [2.45, 2.75) is 32.1 Å². The Morgan fingerprint density at radius 3 is 2.42 bits per heavy atom. The molecule has 0 saturated carbocycles. The van der Waals surface area contributed by atoms with Crippen LogP contribution in [-0.4, -0.2) is 31.6 Å². The van der Waals surface area contributed by atoms with Gasteiger partial charge in [0.25, 0.3) is 0 Å². The summed E-state index contributed by atoms with van der Waals surface area (Å²) in [5.74, 6) is 0. The van der Waals surface area contributed by atoms with E-state index in [2.05, 4.69) is 10.2 Å². The highest BCUT2D eigenvalue weighted by Crippen LogP contribution is 2.31. The van der Waals surface area contributed by atoms with Crippen molar-refractivity contribution in [1.29, 1.82) is 0 Å². The molecule has 1 aromatic carbocycles. The van der Waals surface area contributed by atoms with Crippen molar-refractivity contribution in [3.63, 3.8) is 0 Å². The highest BCUT2D eigenvalue weighted by atomic mass is 19.4. The monoisotopic (exact) mass is 274 g/mol. The average molecular weight is 274 g/mol. The van der Waals surface area contributed by atoms with Crippen molar-refractivity contribution < 1.29 is 13.2 Å². The van der Waals surface area contributed by atoms with Crippen molar-refractivity contribution in [2.24, 2.45) is 0 Å². The maximum atomic E-state index is 12.8. The molecule has 19 heavy (non-hydrogen) atoms. The zero-order valence-corrected chi connectivity index (χ0v) is 11.6. The maximum Gasteiger partial charge on any atom is 0.416 e. The third-order valence-corrected chi connectivity index (χ3v) is 2.97. The molecule has 0 aliphatic rings. The first-order valence-electron chi connectivity index (χ1n) is 6.34. The van der Waals surface area contributed by atoms with Crippen LogP contribution in [0, 0.1) is 0 Å². The molecule has 0 bridgehead atoms. The van der Waals surface area contributed by atoms with Crippen molar-refractivity contribution in [3.05, 3.63) is 35.4 Å². The van der Waals surface area contributed by atoms with Gasteiger partial charge in [-0.3, -0.25) is 0 Å². The van der Waals surface area contributed by atoms with Gasteiger partial charge in [0.1, 0.15) is 0 Å². The van der Waals surface area contributed by atoms with Gasteiger partial charge in [0.05, 0.1) is 5.56 Å². The molecular weight excluding hydrogens is 253 g/mol. The van der Waals surface area contributed by atoms with E-state index in [1.54, 1.807) is 6.07 Å². The smallest absolute Gasteiger partial charge is 0.310 e. The molecule has 0 aliphatic carbocycles. The second-order valence-corrected chi connectivity index (χ2v) is 5.03. The number of nitrogens with one attached hydrogen (secondary N) is 1. The van der Waals surface area contributed by atoms with E-state index in [4.69, 9.17) is 0 Å². The third-order valence-electron chi connectivity index (χ3n) is 2.97. The van der Waals surface area contributed by atoms with Gasteiger partial charge in [-0.25, -0.2) is 0 Å². The second-order valence-electron chi connectivity index (χ2n) is 5.03. The van der Waals surface area contributed by atoms with Crippen LogP contribution in [0.25, 0.3) is 0 Å². The maximum absolute atomic E-state index is 12.8. The summed E-state index contributed by atoms with van der Waals surface area (Å²) < 4.78 is 38.4. The summed E-state index contributed by atoms with van der Waals surface area (Å²) >= 11 is 0. The Hall–Kier alpha value is -1.07. The summed E-state index contributed by atoms with van der Waals surface area (Å²) in [5, 5.41) is 3.14. The van der Waals surface area contributed by atoms with Gasteiger partial charge in [0.15, 0.2) is 0 Å². The first kappa shape index (κ1) is 16.0. The van der Waals surface area contributed by atoms with Crippen molar-refractivity contribution in [1.82, 2.24) is 10.2 Å². The largest absolute Gasteiger partial charge is 0.416 e. The lowest BCUT2D eigenvalue weighted by Gasteiger charge is -2.18. The summed E-state index contributed by atoms with van der Waals surface area (Å²) in [6.07, 6.45) is -3.38. The van der Waals surface area contributed by atoms with Gasteiger partial charge in [-0.15, -0.1) is 0 Å². The lowest BCUT2D eigenvalue weighted by molar-refractivity contribution is -0.138. The van der Waals surface area contributed by atoms with Gasteiger partial charge >= 0.3 is 6.18 Å². The Morgan fingerprint density at radius 2 is 1.84 bits per heavy atom. The number of nitrogens with zero attached hydrogens (tertiary/aromatic N) is 1. The van der Waals surface area contributed by atoms with E-state index in [0.29, 0.717) is 5.56 Å². The molecule has 0 amide bonds. The fourth-order valence-electron chi connectivity index (χ4n) is 1.79. The van der Waals surface area contributed by atoms with Crippen LogP contribution in [0.3, 0.4) is 0 Å². The Bertz CT molecular complexity index is 389. The van der Waals surface area contributed by atoms with Crippen LogP contribution >= 0.6 is 0 Å². The molecule has 108 valence electrons. The van der Waals surface area contributed by atoms with E-state index < -0.39 is 11.7 Å². The van der Waals surface area contributed by atoms with Crippen LogP contribution in [0.5, 0.6) is 0 Å². The minimum absolute atomic E-state index is 0.184. The Kier molecular flexibility index (Phi) is 5.82. The molecule has 0 aliphatic heterocycles. The SMILES string of the molecule is CC(CCN(C)C)NCc1ccccc1C(F)(F)F. The molecule has 0 heterocycles. The van der Waals surface area contributed by atoms with E-state index >= 15 is 0 Å². The van der Waals surface area contributed by atoms with Crippen molar-refractivity contribution >= 4 is 0 Å². The second kappa shape index (κ2) is 6.91. The molecule has 1 N–H and O–H groups in total. The first-order valence-corrected chi connectivity index (χ1v) is 6.34. The van der Waals surface area contributed by atoms with Crippen LogP contribution in [0.4, 0.5) is 13.2 Å². The van der Waals surface area contributed by atoms with E-state index in [1.165, 1.54) is 12.1 Å². The topological polar surface area (TPSA) is 15.3 Å². The predicted molar refractivity (Wildman–Crippen MR) is 70.9 cm³/mol. The number of hydrogen-bond donors (Lipinski definition) is 1. The zero-order chi connectivity index (χ0) is 14.5. The van der Waals surface area contributed by atoms with Crippen LogP contribution in [-0.2, 0) is 12.7 Å². The van der Waals surface area contributed by atoms with Crippen LogP contribution in [0.2, 0.25) is 0 Å². The average Bonchev–Trinajstić information content (AvgIpc) is 2.33. The standard InChI is InChI=1S/C14H21F3N2/c1-11(8-9-19(2)3)18-10-12-6-4-5-7-13(12)14(15,16)17/h4-7,11,18H,8-10H2,1-3H3. The van der Waals surface area contributed by atoms with Gasteiger partial charge < -0.3 is 10.2 Å². The lowest BCUT2D eigenvalue weighted by Crippen LogP contribution is -2.30. The molecule has 1 rings (SSSR count). The summed E-state index contributed by atoms with van der Waals surface area (Å²) in [5.41, 5.74) is -0.256. The minimum Gasteiger partial charge on any atom is -0.310 e. The Morgan fingerprint density at radius 1 is 1.21 bits per heavy atom. The third kappa shape index (κ3) is 5.61. The minimum atomic E-state index is -4.29. The van der Waals surface area contributed by atoms with Gasteiger partial charge in [-0.1, -0.05) is 18.2 Å². The molecule has 0 aromatic heterocycles. The summed E-state index contributed by atoms with van der Waals surface area (Å²) in [6, 6.07) is 5.89. The molecule has 0 fully saturated rings. The zero-order valence-electron chi connectivity index (χ0n) is 11.6. The molecule has 0 saturated heterocycles. The van der Waals surface area contributed by atoms with Gasteiger partial charge in [0, 0.05) is 12.6 Å². The summed E-state index contributed by atoms with van der Waals surface area (Å²) in [6.45, 7) is 3.14. The highest BCUT2D eigenvalue weighted by molar-refractivity contribution is 5.29. The molecule has 1 atom stereocenters.